The molecule has 3 aromatic rings. The Balaban J connectivity index is 1.93. The highest BCUT2D eigenvalue weighted by molar-refractivity contribution is 7.94. The third kappa shape index (κ3) is 3.20. The van der Waals surface area contributed by atoms with E-state index in [1.807, 2.05) is 32.9 Å². The first-order chi connectivity index (χ1) is 11.3. The number of hydrogen-bond acceptors (Lipinski definition) is 6. The van der Waals surface area contributed by atoms with Gasteiger partial charge in [0.2, 0.25) is 5.89 Å². The lowest BCUT2D eigenvalue weighted by atomic mass is 10.1. The Kier molecular flexibility index (Phi) is 4.18. The van der Waals surface area contributed by atoms with Gasteiger partial charge in [-0.1, -0.05) is 17.7 Å². The Morgan fingerprint density at radius 1 is 1.04 bits per heavy atom. The average molecular weight is 363 g/mol. The highest BCUT2D eigenvalue weighted by atomic mass is 32.2. The SMILES string of the molecule is Cc1cc(C)c(NS(=O)(=O)c2ccc(-c3nnc(C)o3)s2)c(C)c1. The molecule has 0 saturated carbocycles. The maximum absolute atomic E-state index is 12.7. The first-order valence-corrected chi connectivity index (χ1v) is 9.57. The third-order valence-electron chi connectivity index (χ3n) is 3.50. The van der Waals surface area contributed by atoms with Gasteiger partial charge in [0.05, 0.1) is 10.6 Å². The van der Waals surface area contributed by atoms with Crippen LogP contribution in [-0.2, 0) is 10.0 Å². The quantitative estimate of drug-likeness (QED) is 0.761. The molecule has 0 saturated heterocycles. The van der Waals surface area contributed by atoms with E-state index < -0.39 is 10.0 Å². The molecule has 0 unspecified atom stereocenters. The monoisotopic (exact) mass is 363 g/mol. The zero-order valence-corrected chi connectivity index (χ0v) is 15.4. The molecule has 3 rings (SSSR count). The van der Waals surface area contributed by atoms with Crippen molar-refractivity contribution in [2.45, 2.75) is 31.9 Å². The van der Waals surface area contributed by atoms with Crippen LogP contribution in [-0.4, -0.2) is 18.6 Å². The molecule has 0 aliphatic carbocycles. The molecule has 2 heterocycles. The predicted molar refractivity (Wildman–Crippen MR) is 93.8 cm³/mol. The van der Waals surface area contributed by atoms with Gasteiger partial charge in [-0.25, -0.2) is 8.42 Å². The van der Waals surface area contributed by atoms with Crippen LogP contribution in [0.15, 0.2) is 32.9 Å². The number of benzene rings is 1. The van der Waals surface area contributed by atoms with E-state index in [4.69, 9.17) is 4.42 Å². The Labute approximate surface area is 144 Å². The van der Waals surface area contributed by atoms with Crippen molar-refractivity contribution in [3.63, 3.8) is 0 Å². The molecule has 6 nitrogen and oxygen atoms in total. The standard InChI is InChI=1S/C16H17N3O3S2/c1-9-7-10(2)15(11(3)8-9)19-24(20,21)14-6-5-13(23-14)16-18-17-12(4)22-16/h5-8,19H,1-4H3. The summed E-state index contributed by atoms with van der Waals surface area (Å²) in [7, 11) is -3.67. The fourth-order valence-corrected chi connectivity index (χ4v) is 4.93. The lowest BCUT2D eigenvalue weighted by Crippen LogP contribution is -2.13. The number of rotatable bonds is 4. The van der Waals surface area contributed by atoms with E-state index in [0.29, 0.717) is 22.3 Å². The van der Waals surface area contributed by atoms with E-state index in [1.54, 1.807) is 19.1 Å². The van der Waals surface area contributed by atoms with Gasteiger partial charge in [0.25, 0.3) is 15.9 Å². The first kappa shape index (κ1) is 16.7. The van der Waals surface area contributed by atoms with Crippen molar-refractivity contribution in [3.05, 3.63) is 46.8 Å². The second-order valence-electron chi connectivity index (χ2n) is 5.62. The number of sulfonamides is 1. The van der Waals surface area contributed by atoms with Crippen LogP contribution in [0, 0.1) is 27.7 Å². The van der Waals surface area contributed by atoms with Crippen molar-refractivity contribution in [3.8, 4) is 10.8 Å². The summed E-state index contributed by atoms with van der Waals surface area (Å²) in [5.74, 6) is 0.758. The van der Waals surface area contributed by atoms with E-state index in [0.717, 1.165) is 28.0 Å². The zero-order valence-electron chi connectivity index (χ0n) is 13.7. The van der Waals surface area contributed by atoms with Gasteiger partial charge in [0.1, 0.15) is 4.21 Å². The lowest BCUT2D eigenvalue weighted by Gasteiger charge is -2.13. The highest BCUT2D eigenvalue weighted by Gasteiger charge is 2.21. The second kappa shape index (κ2) is 6.03. The van der Waals surface area contributed by atoms with Gasteiger partial charge in [-0.2, -0.15) is 0 Å². The number of anilines is 1. The van der Waals surface area contributed by atoms with Crippen LogP contribution in [0.4, 0.5) is 5.69 Å². The van der Waals surface area contributed by atoms with Crippen LogP contribution in [0.1, 0.15) is 22.6 Å². The Hall–Kier alpha value is -2.19. The summed E-state index contributed by atoms with van der Waals surface area (Å²) in [6.45, 7) is 7.44. The number of aryl methyl sites for hydroxylation is 4. The molecule has 2 aromatic heterocycles. The van der Waals surface area contributed by atoms with Gasteiger partial charge in [0.15, 0.2) is 0 Å². The molecule has 0 radical (unpaired) electrons. The van der Waals surface area contributed by atoms with Crippen molar-refractivity contribution in [2.24, 2.45) is 0 Å². The van der Waals surface area contributed by atoms with Gasteiger partial charge in [-0.15, -0.1) is 21.5 Å². The van der Waals surface area contributed by atoms with E-state index in [9.17, 15) is 8.42 Å². The number of hydrogen-bond donors (Lipinski definition) is 1. The Bertz CT molecular complexity index is 980. The molecule has 0 atom stereocenters. The summed E-state index contributed by atoms with van der Waals surface area (Å²) in [6, 6.07) is 7.11. The molecular formula is C16H17N3O3S2. The van der Waals surface area contributed by atoms with Crippen LogP contribution in [0.2, 0.25) is 0 Å². The molecule has 0 spiro atoms. The highest BCUT2D eigenvalue weighted by Crippen LogP contribution is 2.32. The summed E-state index contributed by atoms with van der Waals surface area (Å²) < 4.78 is 33.6. The summed E-state index contributed by atoms with van der Waals surface area (Å²) in [6.07, 6.45) is 0. The number of nitrogens with one attached hydrogen (secondary N) is 1. The summed E-state index contributed by atoms with van der Waals surface area (Å²) >= 11 is 1.09. The fraction of sp³-hybridized carbons (Fsp3) is 0.250. The molecule has 24 heavy (non-hydrogen) atoms. The number of thiophene rings is 1. The van der Waals surface area contributed by atoms with Gasteiger partial charge in [-0.3, -0.25) is 4.72 Å². The molecule has 0 aliphatic heterocycles. The average Bonchev–Trinajstić information content (AvgIpc) is 3.11. The van der Waals surface area contributed by atoms with E-state index in [1.165, 1.54) is 0 Å². The van der Waals surface area contributed by atoms with Gasteiger partial charge < -0.3 is 4.42 Å². The summed E-state index contributed by atoms with van der Waals surface area (Å²) in [5.41, 5.74) is 3.49. The van der Waals surface area contributed by atoms with Crippen molar-refractivity contribution in [1.29, 1.82) is 0 Å². The summed E-state index contributed by atoms with van der Waals surface area (Å²) in [4.78, 5) is 0.619. The molecular weight excluding hydrogens is 346 g/mol. The van der Waals surface area contributed by atoms with E-state index >= 15 is 0 Å². The molecule has 1 N–H and O–H groups in total. The molecule has 1 aromatic carbocycles. The predicted octanol–water partition coefficient (Wildman–Crippen LogP) is 3.83. The van der Waals surface area contributed by atoms with Gasteiger partial charge >= 0.3 is 0 Å². The van der Waals surface area contributed by atoms with Crippen molar-refractivity contribution >= 4 is 27.0 Å². The van der Waals surface area contributed by atoms with Crippen molar-refractivity contribution < 1.29 is 12.8 Å². The third-order valence-corrected chi connectivity index (χ3v) is 6.41. The topological polar surface area (TPSA) is 85.1 Å². The Morgan fingerprint density at radius 3 is 2.29 bits per heavy atom. The van der Waals surface area contributed by atoms with E-state index in [-0.39, 0.29) is 4.21 Å². The van der Waals surface area contributed by atoms with Crippen LogP contribution >= 0.6 is 11.3 Å². The summed E-state index contributed by atoms with van der Waals surface area (Å²) in [5, 5.41) is 7.67. The van der Waals surface area contributed by atoms with Crippen molar-refractivity contribution in [2.75, 3.05) is 4.72 Å². The molecule has 0 aliphatic rings. The maximum Gasteiger partial charge on any atom is 0.271 e. The maximum atomic E-state index is 12.7. The number of nitrogens with zero attached hydrogens (tertiary/aromatic N) is 2. The molecule has 0 amide bonds. The minimum Gasteiger partial charge on any atom is -0.420 e. The minimum atomic E-state index is -3.67. The second-order valence-corrected chi connectivity index (χ2v) is 8.62. The number of aromatic nitrogens is 2. The lowest BCUT2D eigenvalue weighted by molar-refractivity contribution is 0.534. The zero-order chi connectivity index (χ0) is 17.5. The Morgan fingerprint density at radius 2 is 1.71 bits per heavy atom. The van der Waals surface area contributed by atoms with E-state index in [2.05, 4.69) is 14.9 Å². The van der Waals surface area contributed by atoms with Crippen LogP contribution in [0.5, 0.6) is 0 Å². The normalized spacial score (nSPS) is 11.7. The van der Waals surface area contributed by atoms with Crippen LogP contribution < -0.4 is 4.72 Å². The molecule has 126 valence electrons. The fourth-order valence-electron chi connectivity index (χ4n) is 2.50. The van der Waals surface area contributed by atoms with Crippen LogP contribution in [0.3, 0.4) is 0 Å². The van der Waals surface area contributed by atoms with Crippen LogP contribution in [0.25, 0.3) is 10.8 Å². The van der Waals surface area contributed by atoms with Gasteiger partial charge in [-0.05, 0) is 44.0 Å². The largest absolute Gasteiger partial charge is 0.420 e. The smallest absolute Gasteiger partial charge is 0.271 e. The molecule has 0 bridgehead atoms. The first-order valence-electron chi connectivity index (χ1n) is 7.27. The molecule has 0 fully saturated rings. The molecule has 8 heteroatoms. The van der Waals surface area contributed by atoms with Gasteiger partial charge in [0, 0.05) is 6.92 Å². The minimum absolute atomic E-state index is 0.202. The van der Waals surface area contributed by atoms with Crippen molar-refractivity contribution in [1.82, 2.24) is 10.2 Å².